The lowest BCUT2D eigenvalue weighted by Gasteiger charge is -2.08. The summed E-state index contributed by atoms with van der Waals surface area (Å²) >= 11 is 5.78. The van der Waals surface area contributed by atoms with Crippen LogP contribution in [0.15, 0.2) is 42.6 Å². The number of ether oxygens (including phenoxy) is 2. The van der Waals surface area contributed by atoms with Gasteiger partial charge in [0, 0.05) is 6.20 Å². The summed E-state index contributed by atoms with van der Waals surface area (Å²) in [6.45, 7) is -3.59. The van der Waals surface area contributed by atoms with Gasteiger partial charge in [0.15, 0.2) is 11.8 Å². The third-order valence-corrected chi connectivity index (χ3v) is 2.96. The molecule has 0 saturated heterocycles. The van der Waals surface area contributed by atoms with E-state index in [2.05, 4.69) is 15.0 Å². The second kappa shape index (κ2) is 8.21. The molecule has 9 heteroatoms. The number of aromatic nitrogens is 1. The Morgan fingerprint density at radius 1 is 1.25 bits per heavy atom. The van der Waals surface area contributed by atoms with E-state index >= 15 is 0 Å². The Morgan fingerprint density at radius 2 is 2.04 bits per heavy atom. The summed E-state index contributed by atoms with van der Waals surface area (Å²) in [6, 6.07) is 8.15. The normalized spacial score (nSPS) is 10.3. The predicted octanol–water partition coefficient (Wildman–Crippen LogP) is 3.13. The van der Waals surface area contributed by atoms with Crippen molar-refractivity contribution in [3.8, 4) is 5.75 Å². The first-order valence-corrected chi connectivity index (χ1v) is 6.96. The molecule has 126 valence electrons. The third-order valence-electron chi connectivity index (χ3n) is 2.66. The van der Waals surface area contributed by atoms with Gasteiger partial charge in [0.05, 0.1) is 11.3 Å². The van der Waals surface area contributed by atoms with E-state index in [1.54, 1.807) is 6.07 Å². The van der Waals surface area contributed by atoms with Crippen LogP contribution in [0.3, 0.4) is 0 Å². The number of esters is 1. The van der Waals surface area contributed by atoms with E-state index in [1.165, 1.54) is 30.5 Å². The molecule has 1 aromatic heterocycles. The lowest BCUT2D eigenvalue weighted by atomic mass is 10.2. The van der Waals surface area contributed by atoms with Gasteiger partial charge < -0.3 is 14.8 Å². The van der Waals surface area contributed by atoms with Gasteiger partial charge in [-0.1, -0.05) is 17.7 Å². The maximum absolute atomic E-state index is 12.1. The standard InChI is InChI=1S/C15H11ClF2N2O4/c16-13-11(5-2-6-19-13)20-12(21)8-23-14(22)9-3-1-4-10(7-9)24-15(17)18/h1-7,15H,8H2,(H,20,21). The topological polar surface area (TPSA) is 77.5 Å². The molecular formula is C15H11ClF2N2O4. The van der Waals surface area contributed by atoms with E-state index < -0.39 is 25.1 Å². The molecule has 2 rings (SSSR count). The van der Waals surface area contributed by atoms with Crippen LogP contribution < -0.4 is 10.1 Å². The number of benzene rings is 1. The zero-order chi connectivity index (χ0) is 17.5. The number of nitrogens with one attached hydrogen (secondary N) is 1. The molecule has 1 aromatic carbocycles. The van der Waals surface area contributed by atoms with Crippen molar-refractivity contribution in [2.45, 2.75) is 6.61 Å². The van der Waals surface area contributed by atoms with E-state index in [1.807, 2.05) is 0 Å². The zero-order valence-corrected chi connectivity index (χ0v) is 12.8. The van der Waals surface area contributed by atoms with E-state index in [-0.39, 0.29) is 22.2 Å². The fraction of sp³-hybridized carbons (Fsp3) is 0.133. The predicted molar refractivity (Wildman–Crippen MR) is 81.2 cm³/mol. The van der Waals surface area contributed by atoms with Crippen molar-refractivity contribution < 1.29 is 27.8 Å². The van der Waals surface area contributed by atoms with Gasteiger partial charge in [0.1, 0.15) is 5.75 Å². The van der Waals surface area contributed by atoms with Crippen LogP contribution in [-0.4, -0.2) is 30.1 Å². The second-order valence-electron chi connectivity index (χ2n) is 4.37. The first-order valence-electron chi connectivity index (χ1n) is 6.58. The van der Waals surface area contributed by atoms with Crippen molar-refractivity contribution in [2.75, 3.05) is 11.9 Å². The number of hydrogen-bond acceptors (Lipinski definition) is 5. The quantitative estimate of drug-likeness (QED) is 0.635. The summed E-state index contributed by atoms with van der Waals surface area (Å²) in [4.78, 5) is 27.3. The van der Waals surface area contributed by atoms with Gasteiger partial charge in [0.25, 0.3) is 5.91 Å². The number of alkyl halides is 2. The van der Waals surface area contributed by atoms with Gasteiger partial charge in [-0.05, 0) is 30.3 Å². The van der Waals surface area contributed by atoms with Crippen molar-refractivity contribution in [3.63, 3.8) is 0 Å². The number of amides is 1. The average molecular weight is 357 g/mol. The lowest BCUT2D eigenvalue weighted by Crippen LogP contribution is -2.21. The van der Waals surface area contributed by atoms with E-state index in [0.29, 0.717) is 0 Å². The molecular weight excluding hydrogens is 346 g/mol. The van der Waals surface area contributed by atoms with E-state index in [4.69, 9.17) is 16.3 Å². The molecule has 0 fully saturated rings. The Hall–Kier alpha value is -2.74. The highest BCUT2D eigenvalue weighted by Crippen LogP contribution is 2.18. The summed E-state index contributed by atoms with van der Waals surface area (Å²) in [5.74, 6) is -1.67. The molecule has 0 aliphatic heterocycles. The highest BCUT2D eigenvalue weighted by atomic mass is 35.5. The molecule has 0 radical (unpaired) electrons. The van der Waals surface area contributed by atoms with Crippen LogP contribution in [0.1, 0.15) is 10.4 Å². The van der Waals surface area contributed by atoms with Gasteiger partial charge in [-0.25, -0.2) is 9.78 Å². The van der Waals surface area contributed by atoms with Crippen LogP contribution in [0, 0.1) is 0 Å². The molecule has 24 heavy (non-hydrogen) atoms. The molecule has 0 bridgehead atoms. The molecule has 0 atom stereocenters. The lowest BCUT2D eigenvalue weighted by molar-refractivity contribution is -0.119. The highest BCUT2D eigenvalue weighted by molar-refractivity contribution is 6.32. The molecule has 6 nitrogen and oxygen atoms in total. The van der Waals surface area contributed by atoms with Crippen LogP contribution in [0.25, 0.3) is 0 Å². The molecule has 0 saturated carbocycles. The van der Waals surface area contributed by atoms with Gasteiger partial charge in [-0.2, -0.15) is 8.78 Å². The molecule has 0 aliphatic carbocycles. The Balaban J connectivity index is 1.91. The minimum atomic E-state index is -3.01. The zero-order valence-electron chi connectivity index (χ0n) is 12.0. The minimum absolute atomic E-state index is 0.0274. The summed E-state index contributed by atoms with van der Waals surface area (Å²) in [6.07, 6.45) is 1.45. The van der Waals surface area contributed by atoms with E-state index in [9.17, 15) is 18.4 Å². The van der Waals surface area contributed by atoms with Crippen LogP contribution in [-0.2, 0) is 9.53 Å². The summed E-state index contributed by atoms with van der Waals surface area (Å²) in [7, 11) is 0. The largest absolute Gasteiger partial charge is 0.452 e. The maximum atomic E-state index is 12.1. The van der Waals surface area contributed by atoms with Crippen LogP contribution in [0.5, 0.6) is 5.75 Å². The molecule has 1 N–H and O–H groups in total. The Labute approximate surface area is 140 Å². The molecule has 2 aromatic rings. The van der Waals surface area contributed by atoms with E-state index in [0.717, 1.165) is 6.07 Å². The number of carbonyl (C=O) groups excluding carboxylic acids is 2. The summed E-state index contributed by atoms with van der Waals surface area (Å²) in [5, 5.41) is 2.51. The molecule has 0 spiro atoms. The number of hydrogen-bond donors (Lipinski definition) is 1. The Morgan fingerprint density at radius 3 is 2.75 bits per heavy atom. The Bertz CT molecular complexity index is 743. The second-order valence-corrected chi connectivity index (χ2v) is 4.73. The van der Waals surface area contributed by atoms with Crippen molar-refractivity contribution in [2.24, 2.45) is 0 Å². The smallest absolute Gasteiger partial charge is 0.387 e. The number of anilines is 1. The Kier molecular flexibility index (Phi) is 6.02. The first-order chi connectivity index (χ1) is 11.5. The van der Waals surface area contributed by atoms with Crippen LogP contribution in [0.2, 0.25) is 5.15 Å². The van der Waals surface area contributed by atoms with Gasteiger partial charge in [-0.15, -0.1) is 0 Å². The fourth-order valence-corrected chi connectivity index (χ4v) is 1.85. The molecule has 0 aliphatic rings. The van der Waals surface area contributed by atoms with Crippen molar-refractivity contribution in [3.05, 3.63) is 53.3 Å². The number of halogens is 3. The van der Waals surface area contributed by atoms with Gasteiger partial charge >= 0.3 is 12.6 Å². The molecule has 1 heterocycles. The SMILES string of the molecule is O=C(COC(=O)c1cccc(OC(F)F)c1)Nc1cccnc1Cl. The molecule has 0 unspecified atom stereocenters. The fourth-order valence-electron chi connectivity index (χ4n) is 1.68. The van der Waals surface area contributed by atoms with Gasteiger partial charge in [0.2, 0.25) is 0 Å². The summed E-state index contributed by atoms with van der Waals surface area (Å²) in [5.41, 5.74) is 0.243. The number of nitrogens with zero attached hydrogens (tertiary/aromatic N) is 1. The van der Waals surface area contributed by atoms with Crippen molar-refractivity contribution in [1.29, 1.82) is 0 Å². The number of pyridine rings is 1. The number of rotatable bonds is 6. The van der Waals surface area contributed by atoms with Crippen LogP contribution in [0.4, 0.5) is 14.5 Å². The summed E-state index contributed by atoms with van der Waals surface area (Å²) < 4.78 is 33.3. The highest BCUT2D eigenvalue weighted by Gasteiger charge is 2.13. The minimum Gasteiger partial charge on any atom is -0.452 e. The average Bonchev–Trinajstić information content (AvgIpc) is 2.54. The first kappa shape index (κ1) is 17.6. The molecule has 1 amide bonds. The third kappa shape index (κ3) is 5.17. The monoisotopic (exact) mass is 356 g/mol. The van der Waals surface area contributed by atoms with Crippen LogP contribution >= 0.6 is 11.6 Å². The van der Waals surface area contributed by atoms with Crippen molar-refractivity contribution >= 4 is 29.2 Å². The van der Waals surface area contributed by atoms with Gasteiger partial charge in [-0.3, -0.25) is 4.79 Å². The van der Waals surface area contributed by atoms with Crippen molar-refractivity contribution in [1.82, 2.24) is 4.98 Å². The number of carbonyl (C=O) groups is 2. The maximum Gasteiger partial charge on any atom is 0.387 e.